The summed E-state index contributed by atoms with van der Waals surface area (Å²) in [6.07, 6.45) is 0. The molecule has 4 rings (SSSR count). The van der Waals surface area contributed by atoms with Crippen molar-refractivity contribution in [1.29, 1.82) is 0 Å². The van der Waals surface area contributed by atoms with E-state index in [1.807, 2.05) is 43.3 Å². The van der Waals surface area contributed by atoms with E-state index in [2.05, 4.69) is 5.32 Å². The van der Waals surface area contributed by atoms with E-state index >= 15 is 0 Å². The fourth-order valence-electron chi connectivity index (χ4n) is 3.80. The van der Waals surface area contributed by atoms with Gasteiger partial charge in [0.25, 0.3) is 0 Å². The van der Waals surface area contributed by atoms with Crippen molar-refractivity contribution >= 4 is 29.1 Å². The first-order valence-electron chi connectivity index (χ1n) is 8.81. The van der Waals surface area contributed by atoms with Crippen molar-refractivity contribution in [2.45, 2.75) is 19.8 Å². The Hall–Kier alpha value is -2.85. The van der Waals surface area contributed by atoms with Crippen LogP contribution in [0.15, 0.2) is 65.4 Å². The van der Waals surface area contributed by atoms with Gasteiger partial charge in [-0.25, -0.2) is 4.79 Å². The van der Waals surface area contributed by atoms with Crippen LogP contribution in [0.2, 0.25) is 5.02 Å². The third-order valence-corrected chi connectivity index (χ3v) is 5.20. The Bertz CT molecular complexity index is 1020. The predicted molar refractivity (Wildman–Crippen MR) is 104 cm³/mol. The van der Waals surface area contributed by atoms with Gasteiger partial charge in [0.1, 0.15) is 0 Å². The van der Waals surface area contributed by atoms with Crippen LogP contribution in [0.25, 0.3) is 5.70 Å². The highest BCUT2D eigenvalue weighted by Gasteiger charge is 2.42. The molecule has 1 aliphatic carbocycles. The normalized spacial score (nSPS) is 18.2. The Morgan fingerprint density at radius 2 is 1.78 bits per heavy atom. The molecule has 2 aromatic rings. The minimum atomic E-state index is -0.502. The number of rotatable bonds is 3. The second-order valence-electron chi connectivity index (χ2n) is 6.53. The van der Waals surface area contributed by atoms with Gasteiger partial charge >= 0.3 is 5.97 Å². The molecule has 0 fully saturated rings. The van der Waals surface area contributed by atoms with E-state index in [1.54, 1.807) is 19.1 Å². The topological polar surface area (TPSA) is 55.4 Å². The summed E-state index contributed by atoms with van der Waals surface area (Å²) < 4.78 is 5.29. The third kappa shape index (κ3) is 2.77. The maximum Gasteiger partial charge on any atom is 0.336 e. The van der Waals surface area contributed by atoms with Gasteiger partial charge in [0.2, 0.25) is 0 Å². The first kappa shape index (κ1) is 17.6. The van der Waals surface area contributed by atoms with Gasteiger partial charge < -0.3 is 10.1 Å². The van der Waals surface area contributed by atoms with Crippen molar-refractivity contribution in [2.75, 3.05) is 6.61 Å². The van der Waals surface area contributed by atoms with Crippen LogP contribution in [0.1, 0.15) is 41.3 Å². The SMILES string of the molecule is CCOC(=O)C1=C(C)NC2=C(C(=O)c3ccccc32)[C@@H]1c1ccc(Cl)cc1. The van der Waals surface area contributed by atoms with E-state index in [0.717, 1.165) is 16.8 Å². The number of carbonyl (C=O) groups excluding carboxylic acids is 2. The molecule has 2 aromatic carbocycles. The Balaban J connectivity index is 1.92. The van der Waals surface area contributed by atoms with Gasteiger partial charge in [-0.05, 0) is 31.5 Å². The zero-order chi connectivity index (χ0) is 19.1. The van der Waals surface area contributed by atoms with Crippen LogP contribution in [-0.2, 0) is 9.53 Å². The quantitative estimate of drug-likeness (QED) is 0.799. The van der Waals surface area contributed by atoms with Crippen molar-refractivity contribution < 1.29 is 14.3 Å². The number of Topliss-reactive ketones (excluding diaryl/α,β-unsaturated/α-hetero) is 1. The molecule has 1 N–H and O–H groups in total. The number of fused-ring (bicyclic) bond motifs is 2. The molecular formula is C22H18ClNO3. The van der Waals surface area contributed by atoms with E-state index in [0.29, 0.717) is 27.4 Å². The predicted octanol–water partition coefficient (Wildman–Crippen LogP) is 4.47. The fourth-order valence-corrected chi connectivity index (χ4v) is 3.92. The number of esters is 1. The average Bonchev–Trinajstić information content (AvgIpc) is 2.94. The summed E-state index contributed by atoms with van der Waals surface area (Å²) in [6.45, 7) is 3.87. The van der Waals surface area contributed by atoms with E-state index in [9.17, 15) is 9.59 Å². The van der Waals surface area contributed by atoms with Crippen molar-refractivity contribution in [1.82, 2.24) is 5.32 Å². The van der Waals surface area contributed by atoms with Crippen molar-refractivity contribution in [3.63, 3.8) is 0 Å². The average molecular weight is 380 g/mol. The highest BCUT2D eigenvalue weighted by molar-refractivity contribution is 6.30. The number of ketones is 1. The number of nitrogens with one attached hydrogen (secondary N) is 1. The molecule has 1 heterocycles. The van der Waals surface area contributed by atoms with Crippen LogP contribution in [-0.4, -0.2) is 18.4 Å². The van der Waals surface area contributed by atoms with Crippen molar-refractivity contribution in [3.8, 4) is 0 Å². The smallest absolute Gasteiger partial charge is 0.336 e. The molecule has 5 heteroatoms. The number of carbonyl (C=O) groups is 2. The van der Waals surface area contributed by atoms with Gasteiger partial charge in [0, 0.05) is 33.3 Å². The van der Waals surface area contributed by atoms with E-state index in [-0.39, 0.29) is 12.4 Å². The van der Waals surface area contributed by atoms with Crippen LogP contribution in [0.4, 0.5) is 0 Å². The number of dihydropyridines is 1. The van der Waals surface area contributed by atoms with Gasteiger partial charge in [-0.15, -0.1) is 0 Å². The number of hydrogen-bond donors (Lipinski definition) is 1. The standard InChI is InChI=1S/C22H18ClNO3/c1-3-27-22(26)17-12(2)24-20-15-6-4-5-7-16(15)21(25)19(20)18(17)13-8-10-14(23)11-9-13/h4-11,18,24H,3H2,1-2H3/t18-/m1/s1. The van der Waals surface area contributed by atoms with Crippen molar-refractivity contribution in [3.05, 3.63) is 87.1 Å². The van der Waals surface area contributed by atoms with Gasteiger partial charge in [-0.3, -0.25) is 4.79 Å². The zero-order valence-electron chi connectivity index (χ0n) is 15.0. The summed E-state index contributed by atoms with van der Waals surface area (Å²) in [5.74, 6) is -0.988. The number of halogens is 1. The van der Waals surface area contributed by atoms with Gasteiger partial charge in [0.15, 0.2) is 5.78 Å². The molecule has 0 saturated carbocycles. The lowest BCUT2D eigenvalue weighted by Crippen LogP contribution is -2.29. The van der Waals surface area contributed by atoms with E-state index < -0.39 is 11.9 Å². The van der Waals surface area contributed by atoms with Crippen molar-refractivity contribution in [2.24, 2.45) is 0 Å². The zero-order valence-corrected chi connectivity index (χ0v) is 15.8. The fraction of sp³-hybridized carbons (Fsp3) is 0.182. The number of benzene rings is 2. The summed E-state index contributed by atoms with van der Waals surface area (Å²) in [5, 5.41) is 3.88. The lowest BCUT2D eigenvalue weighted by Gasteiger charge is -2.29. The van der Waals surface area contributed by atoms with Crippen LogP contribution >= 0.6 is 11.6 Å². The largest absolute Gasteiger partial charge is 0.463 e. The molecule has 2 aliphatic rings. The van der Waals surface area contributed by atoms with Crippen LogP contribution in [0.3, 0.4) is 0 Å². The summed E-state index contributed by atoms with van der Waals surface area (Å²) in [7, 11) is 0. The Morgan fingerprint density at radius 3 is 2.44 bits per heavy atom. The number of hydrogen-bond acceptors (Lipinski definition) is 4. The second kappa shape index (κ2) is 6.71. The molecule has 0 aromatic heterocycles. The minimum absolute atomic E-state index is 0.0673. The highest BCUT2D eigenvalue weighted by Crippen LogP contribution is 2.46. The minimum Gasteiger partial charge on any atom is -0.463 e. The first-order chi connectivity index (χ1) is 13.0. The highest BCUT2D eigenvalue weighted by atomic mass is 35.5. The maximum atomic E-state index is 13.2. The molecular weight excluding hydrogens is 362 g/mol. The molecule has 4 nitrogen and oxygen atoms in total. The molecule has 0 amide bonds. The molecule has 0 spiro atoms. The number of ether oxygens (including phenoxy) is 1. The summed E-state index contributed by atoms with van der Waals surface area (Å²) in [6, 6.07) is 14.7. The molecule has 0 unspecified atom stereocenters. The van der Waals surface area contributed by atoms with E-state index in [4.69, 9.17) is 16.3 Å². The van der Waals surface area contributed by atoms with Gasteiger partial charge in [-0.2, -0.15) is 0 Å². The Kier molecular flexibility index (Phi) is 4.36. The first-order valence-corrected chi connectivity index (χ1v) is 9.19. The van der Waals surface area contributed by atoms with Gasteiger partial charge in [-0.1, -0.05) is 48.0 Å². The summed E-state index contributed by atoms with van der Waals surface area (Å²) in [5.41, 5.74) is 4.83. The molecule has 0 radical (unpaired) electrons. The molecule has 136 valence electrons. The monoisotopic (exact) mass is 379 g/mol. The molecule has 27 heavy (non-hydrogen) atoms. The lowest BCUT2D eigenvalue weighted by molar-refractivity contribution is -0.138. The van der Waals surface area contributed by atoms with Crippen LogP contribution in [0, 0.1) is 0 Å². The number of allylic oxidation sites excluding steroid dienone is 2. The summed E-state index contributed by atoms with van der Waals surface area (Å²) >= 11 is 6.05. The Morgan fingerprint density at radius 1 is 1.11 bits per heavy atom. The molecule has 0 bridgehead atoms. The summed E-state index contributed by atoms with van der Waals surface area (Å²) in [4.78, 5) is 26.0. The lowest BCUT2D eigenvalue weighted by atomic mass is 9.80. The molecule has 0 saturated heterocycles. The molecule has 1 atom stereocenters. The van der Waals surface area contributed by atoms with E-state index in [1.165, 1.54) is 0 Å². The Labute approximate surface area is 162 Å². The second-order valence-corrected chi connectivity index (χ2v) is 6.97. The van der Waals surface area contributed by atoms with Gasteiger partial charge in [0.05, 0.1) is 17.9 Å². The van der Waals surface area contributed by atoms with Crippen LogP contribution < -0.4 is 5.32 Å². The third-order valence-electron chi connectivity index (χ3n) is 4.95. The molecule has 1 aliphatic heterocycles. The van der Waals surface area contributed by atoms with Crippen LogP contribution in [0.5, 0.6) is 0 Å². The maximum absolute atomic E-state index is 13.2.